The Hall–Kier alpha value is -0.380. The van der Waals surface area contributed by atoms with Gasteiger partial charge in [-0.3, -0.25) is 9.00 Å². The largest absolute Gasteiger partial charge is 0.351 e. The number of rotatable bonds is 1. The number of hydrogen-bond acceptors (Lipinski definition) is 2. The van der Waals surface area contributed by atoms with Gasteiger partial charge in [0.05, 0.1) is 0 Å². The molecular weight excluding hydrogens is 114 g/mol. The summed E-state index contributed by atoms with van der Waals surface area (Å²) in [6.07, 6.45) is 0.750. The predicted molar refractivity (Wildman–Crippen MR) is 30.7 cm³/mol. The Morgan fingerprint density at radius 1 is 1.43 bits per heavy atom. The highest BCUT2D eigenvalue weighted by Gasteiger charge is 1.68. The molecule has 3 nitrogen and oxygen atoms in total. The summed E-state index contributed by atoms with van der Waals surface area (Å²) in [5, 5.41) is 0. The van der Waals surface area contributed by atoms with Crippen molar-refractivity contribution in [2.75, 3.05) is 14.1 Å². The Morgan fingerprint density at radius 2 is 1.57 bits per heavy atom. The van der Waals surface area contributed by atoms with Crippen LogP contribution in [0.5, 0.6) is 0 Å². The smallest absolute Gasteiger partial charge is 0.209 e. The first-order valence-electron chi connectivity index (χ1n) is 1.59. The van der Waals surface area contributed by atoms with Crippen molar-refractivity contribution in [2.45, 2.75) is 0 Å². The summed E-state index contributed by atoms with van der Waals surface area (Å²) in [6.45, 7) is 0. The number of carbonyl (C=O) groups excluding carboxylic acids is 1. The van der Waals surface area contributed by atoms with Crippen molar-refractivity contribution in [3.63, 3.8) is 0 Å². The minimum absolute atomic E-state index is 0.750. The van der Waals surface area contributed by atoms with E-state index in [0.29, 0.717) is 0 Å². The van der Waals surface area contributed by atoms with E-state index in [1.807, 2.05) is 0 Å². The molecule has 0 aromatic carbocycles. The Morgan fingerprint density at radius 3 is 1.57 bits per heavy atom. The molecule has 0 atom stereocenters. The molecule has 0 N–H and O–H groups in total. The topological polar surface area (TPSA) is 37.4 Å². The van der Waals surface area contributed by atoms with Crippen LogP contribution in [0.25, 0.3) is 0 Å². The maximum Gasteiger partial charge on any atom is 0.209 e. The van der Waals surface area contributed by atoms with Crippen LogP contribution in [0.3, 0.4) is 0 Å². The molecule has 0 radical (unpaired) electrons. The average Bonchev–Trinajstić information content (AvgIpc) is 1.73. The van der Waals surface area contributed by atoms with Gasteiger partial charge in [0, 0.05) is 14.1 Å². The fourth-order valence-electron chi connectivity index (χ4n) is 0. The lowest BCUT2D eigenvalue weighted by molar-refractivity contribution is -0.115. The molecule has 0 aromatic rings. The SMILES string of the molecule is CN(C)C=O.O=[SH2]. The first-order chi connectivity index (χ1) is 3.27. The van der Waals surface area contributed by atoms with Crippen LogP contribution in [0.2, 0.25) is 0 Å². The lowest BCUT2D eigenvalue weighted by Crippen LogP contribution is -2.06. The van der Waals surface area contributed by atoms with Crippen LogP contribution >= 0.6 is 0 Å². The third-order valence-corrected chi connectivity index (χ3v) is 0.211. The number of amides is 1. The van der Waals surface area contributed by atoms with E-state index in [0.717, 1.165) is 6.41 Å². The Kier molecular flexibility index (Phi) is 12.8. The van der Waals surface area contributed by atoms with Gasteiger partial charge in [0.2, 0.25) is 6.41 Å². The molecule has 0 saturated carbocycles. The van der Waals surface area contributed by atoms with Gasteiger partial charge in [-0.25, -0.2) is 0 Å². The van der Waals surface area contributed by atoms with Gasteiger partial charge in [-0.1, -0.05) is 0 Å². The monoisotopic (exact) mass is 123 g/mol. The number of carbonyl (C=O) groups is 1. The summed E-state index contributed by atoms with van der Waals surface area (Å²) in [5.41, 5.74) is 0. The van der Waals surface area contributed by atoms with Gasteiger partial charge >= 0.3 is 0 Å². The summed E-state index contributed by atoms with van der Waals surface area (Å²) in [7, 11) is 3.38. The molecule has 0 heterocycles. The highest BCUT2D eigenvalue weighted by Crippen LogP contribution is 1.52. The summed E-state index contributed by atoms with van der Waals surface area (Å²) in [5.74, 6) is 0. The number of nitrogens with zero attached hydrogens (tertiary/aromatic N) is 1. The minimum Gasteiger partial charge on any atom is -0.351 e. The van der Waals surface area contributed by atoms with Crippen LogP contribution in [-0.4, -0.2) is 29.6 Å². The molecule has 1 amide bonds. The van der Waals surface area contributed by atoms with Gasteiger partial charge in [0.15, 0.2) is 0 Å². The molecule has 0 unspecified atom stereocenters. The van der Waals surface area contributed by atoms with E-state index in [4.69, 9.17) is 4.21 Å². The highest BCUT2D eigenvalue weighted by molar-refractivity contribution is 7.44. The van der Waals surface area contributed by atoms with Crippen LogP contribution in [0.15, 0.2) is 0 Å². The van der Waals surface area contributed by atoms with Gasteiger partial charge in [-0.2, -0.15) is 0 Å². The maximum absolute atomic E-state index is 9.43. The van der Waals surface area contributed by atoms with Gasteiger partial charge in [0.1, 0.15) is 0 Å². The average molecular weight is 123 g/mol. The van der Waals surface area contributed by atoms with Crippen molar-refractivity contribution in [2.24, 2.45) is 0 Å². The van der Waals surface area contributed by atoms with E-state index in [-0.39, 0.29) is 0 Å². The first-order valence-corrected chi connectivity index (χ1v) is 2.00. The maximum atomic E-state index is 9.43. The molecule has 0 saturated heterocycles. The molecule has 0 fully saturated rings. The lowest BCUT2D eigenvalue weighted by Gasteiger charge is -1.93. The van der Waals surface area contributed by atoms with Gasteiger partial charge in [-0.05, 0) is 12.5 Å². The van der Waals surface area contributed by atoms with Crippen LogP contribution in [0.1, 0.15) is 0 Å². The molecule has 0 spiro atoms. The zero-order chi connectivity index (χ0) is 6.28. The van der Waals surface area contributed by atoms with E-state index in [1.165, 1.54) is 4.90 Å². The third kappa shape index (κ3) is 28.1. The second-order valence-electron chi connectivity index (χ2n) is 1.07. The second kappa shape index (κ2) is 9.15. The third-order valence-electron chi connectivity index (χ3n) is 0.211. The Balaban J connectivity index is 0. The second-order valence-corrected chi connectivity index (χ2v) is 1.07. The van der Waals surface area contributed by atoms with Gasteiger partial charge in [0.25, 0.3) is 0 Å². The molecule has 44 valence electrons. The molecular formula is C3H9NO2S. The first kappa shape index (κ1) is 9.80. The van der Waals surface area contributed by atoms with Crippen LogP contribution < -0.4 is 0 Å². The highest BCUT2D eigenvalue weighted by atomic mass is 32.1. The zero-order valence-corrected chi connectivity index (χ0v) is 5.34. The van der Waals surface area contributed by atoms with Crippen molar-refractivity contribution in [1.82, 2.24) is 4.90 Å². The summed E-state index contributed by atoms with van der Waals surface area (Å²) in [6, 6.07) is 0. The van der Waals surface area contributed by atoms with E-state index >= 15 is 0 Å². The fraction of sp³-hybridized carbons (Fsp3) is 0.667. The molecule has 0 bridgehead atoms. The van der Waals surface area contributed by atoms with E-state index in [1.54, 1.807) is 26.6 Å². The summed E-state index contributed by atoms with van der Waals surface area (Å²) >= 11 is 1.72. The molecule has 7 heavy (non-hydrogen) atoms. The van der Waals surface area contributed by atoms with Gasteiger partial charge < -0.3 is 4.90 Å². The standard InChI is InChI=1S/C3H7NO.H2OS/c1-4(2)3-5;1-2/h3H,1-2H3;2H2. The number of hydrogen-bond donors (Lipinski definition) is 0. The van der Waals surface area contributed by atoms with Crippen LogP contribution in [0.4, 0.5) is 0 Å². The molecule has 4 heteroatoms. The Labute approximate surface area is 47.8 Å². The normalized spacial score (nSPS) is 5.57. The molecule has 0 aliphatic rings. The molecule has 0 rings (SSSR count). The van der Waals surface area contributed by atoms with E-state index < -0.39 is 0 Å². The van der Waals surface area contributed by atoms with E-state index in [2.05, 4.69) is 0 Å². The van der Waals surface area contributed by atoms with Crippen LogP contribution in [0, 0.1) is 0 Å². The summed E-state index contributed by atoms with van der Waals surface area (Å²) < 4.78 is 8.06. The summed E-state index contributed by atoms with van der Waals surface area (Å²) in [4.78, 5) is 10.9. The predicted octanol–water partition coefficient (Wildman–Crippen LogP) is -1.17. The van der Waals surface area contributed by atoms with Gasteiger partial charge in [-0.15, -0.1) is 0 Å². The van der Waals surface area contributed by atoms with Crippen molar-refractivity contribution in [1.29, 1.82) is 0 Å². The molecule has 0 aromatic heterocycles. The Bertz CT molecular complexity index is 48.2. The quantitative estimate of drug-likeness (QED) is 0.412. The van der Waals surface area contributed by atoms with Crippen LogP contribution in [-0.2, 0) is 17.3 Å². The zero-order valence-electron chi connectivity index (χ0n) is 4.34. The minimum atomic E-state index is 0.750. The van der Waals surface area contributed by atoms with Crippen molar-refractivity contribution in [3.8, 4) is 0 Å². The fourth-order valence-corrected chi connectivity index (χ4v) is 0. The van der Waals surface area contributed by atoms with Crippen molar-refractivity contribution in [3.05, 3.63) is 0 Å². The lowest BCUT2D eigenvalue weighted by atomic mass is 11.0. The van der Waals surface area contributed by atoms with Crippen molar-refractivity contribution < 1.29 is 9.00 Å². The van der Waals surface area contributed by atoms with E-state index in [9.17, 15) is 4.79 Å². The van der Waals surface area contributed by atoms with Crippen molar-refractivity contribution >= 4 is 18.9 Å². The molecule has 0 aliphatic heterocycles. The molecule has 0 aliphatic carbocycles.